The number of ether oxygens (including phenoxy) is 1. The number of hydrogen-bond acceptors (Lipinski definition) is 4. The smallest absolute Gasteiger partial charge is 0.221 e. The van der Waals surface area contributed by atoms with E-state index in [2.05, 4.69) is 38.3 Å². The van der Waals surface area contributed by atoms with E-state index in [9.17, 15) is 4.79 Å². The number of piperidine rings is 1. The molecule has 1 saturated heterocycles. The molecule has 1 aliphatic rings. The zero-order valence-corrected chi connectivity index (χ0v) is 15.3. The Hall–Kier alpha value is -1.11. The molecule has 3 N–H and O–H groups in total. The summed E-state index contributed by atoms with van der Waals surface area (Å²) in [5.74, 6) is 0.892. The third-order valence-corrected chi connectivity index (χ3v) is 4.88. The number of nitrogens with zero attached hydrogens (tertiary/aromatic N) is 1. The molecule has 0 aromatic heterocycles. The minimum Gasteiger partial charge on any atom is -0.496 e. The van der Waals surface area contributed by atoms with Crippen LogP contribution in [0.4, 0.5) is 0 Å². The number of carbonyl (C=O) groups excluding carboxylic acids is 1. The molecule has 0 radical (unpaired) electrons. The molecule has 2 rings (SSSR count). The molecule has 6 heteroatoms. The minimum absolute atomic E-state index is 0.0465. The van der Waals surface area contributed by atoms with Crippen molar-refractivity contribution in [3.8, 4) is 5.75 Å². The summed E-state index contributed by atoms with van der Waals surface area (Å²) in [6.45, 7) is 3.07. The highest BCUT2D eigenvalue weighted by atomic mass is 79.9. The number of hydrogen-bond donors (Lipinski definition) is 2. The monoisotopic (exact) mass is 383 g/mol. The maximum absolute atomic E-state index is 11.6. The molecule has 0 aliphatic carbocycles. The predicted octanol–water partition coefficient (Wildman–Crippen LogP) is 2.28. The first-order chi connectivity index (χ1) is 11.1. The fourth-order valence-corrected chi connectivity index (χ4v) is 3.58. The number of nitrogens with one attached hydrogen (secondary N) is 1. The Morgan fingerprint density at radius 3 is 3.00 bits per heavy atom. The van der Waals surface area contributed by atoms with Crippen molar-refractivity contribution >= 4 is 21.8 Å². The Morgan fingerprint density at radius 1 is 1.48 bits per heavy atom. The van der Waals surface area contributed by atoms with Gasteiger partial charge in [-0.2, -0.15) is 0 Å². The minimum atomic E-state index is 0.0465. The number of nitrogens with two attached hydrogens (primary N) is 1. The number of likely N-dealkylation sites (tertiary alicyclic amines) is 1. The third-order valence-electron chi connectivity index (χ3n) is 4.26. The summed E-state index contributed by atoms with van der Waals surface area (Å²) < 4.78 is 6.26. The molecule has 5 nitrogen and oxygen atoms in total. The lowest BCUT2D eigenvalue weighted by Gasteiger charge is -2.36. The average Bonchev–Trinajstić information content (AvgIpc) is 2.54. The van der Waals surface area contributed by atoms with E-state index in [4.69, 9.17) is 10.5 Å². The number of amides is 1. The van der Waals surface area contributed by atoms with Gasteiger partial charge in [-0.15, -0.1) is 0 Å². The van der Waals surface area contributed by atoms with Crippen molar-refractivity contribution in [1.29, 1.82) is 0 Å². The fourth-order valence-electron chi connectivity index (χ4n) is 2.99. The van der Waals surface area contributed by atoms with Gasteiger partial charge in [0.25, 0.3) is 0 Å². The van der Waals surface area contributed by atoms with Gasteiger partial charge >= 0.3 is 0 Å². The SMILES string of the molecule is COc1ccc(CN2CCCCC2CNC(=O)CCN)cc1Br. The zero-order chi connectivity index (χ0) is 16.7. The molecule has 1 aromatic rings. The normalized spacial score (nSPS) is 18.7. The molecule has 1 aromatic carbocycles. The molecule has 0 spiro atoms. The summed E-state index contributed by atoms with van der Waals surface area (Å²) in [7, 11) is 1.67. The van der Waals surface area contributed by atoms with Crippen LogP contribution in [0.25, 0.3) is 0 Å². The van der Waals surface area contributed by atoms with Gasteiger partial charge in [0.15, 0.2) is 0 Å². The maximum Gasteiger partial charge on any atom is 0.221 e. The highest BCUT2D eigenvalue weighted by molar-refractivity contribution is 9.10. The van der Waals surface area contributed by atoms with Crippen LogP contribution in [-0.2, 0) is 11.3 Å². The van der Waals surface area contributed by atoms with Crippen molar-refractivity contribution in [2.24, 2.45) is 5.73 Å². The summed E-state index contributed by atoms with van der Waals surface area (Å²) in [5.41, 5.74) is 6.67. The van der Waals surface area contributed by atoms with E-state index >= 15 is 0 Å². The van der Waals surface area contributed by atoms with E-state index < -0.39 is 0 Å². The molecule has 1 heterocycles. The molecule has 1 aliphatic heterocycles. The van der Waals surface area contributed by atoms with Crippen LogP contribution in [0.1, 0.15) is 31.2 Å². The van der Waals surface area contributed by atoms with Crippen LogP contribution in [0, 0.1) is 0 Å². The Labute approximate surface area is 146 Å². The number of carbonyl (C=O) groups is 1. The largest absolute Gasteiger partial charge is 0.496 e. The van der Waals surface area contributed by atoms with Gasteiger partial charge in [0, 0.05) is 32.1 Å². The van der Waals surface area contributed by atoms with E-state index in [0.29, 0.717) is 25.6 Å². The maximum atomic E-state index is 11.6. The molecular formula is C17H26BrN3O2. The highest BCUT2D eigenvalue weighted by Gasteiger charge is 2.23. The lowest BCUT2D eigenvalue weighted by atomic mass is 10.0. The third kappa shape index (κ3) is 5.48. The molecule has 0 bridgehead atoms. The Balaban J connectivity index is 1.95. The topological polar surface area (TPSA) is 67.6 Å². The van der Waals surface area contributed by atoms with Gasteiger partial charge in [-0.05, 0) is 53.0 Å². The van der Waals surface area contributed by atoms with Crippen molar-refractivity contribution < 1.29 is 9.53 Å². The first kappa shape index (κ1) is 18.2. The number of methoxy groups -OCH3 is 1. The summed E-state index contributed by atoms with van der Waals surface area (Å²) in [6.07, 6.45) is 3.96. The van der Waals surface area contributed by atoms with Crippen molar-refractivity contribution in [3.05, 3.63) is 28.2 Å². The van der Waals surface area contributed by atoms with Crippen LogP contribution < -0.4 is 15.8 Å². The summed E-state index contributed by atoms with van der Waals surface area (Å²) in [5, 5.41) is 3.01. The van der Waals surface area contributed by atoms with Gasteiger partial charge in [0.2, 0.25) is 5.91 Å². The first-order valence-electron chi connectivity index (χ1n) is 8.17. The molecule has 1 fully saturated rings. The second-order valence-electron chi connectivity index (χ2n) is 5.93. The van der Waals surface area contributed by atoms with Gasteiger partial charge in [-0.1, -0.05) is 12.5 Å². The van der Waals surface area contributed by atoms with E-state index in [1.54, 1.807) is 7.11 Å². The van der Waals surface area contributed by atoms with Gasteiger partial charge < -0.3 is 15.8 Å². The number of halogens is 1. The Bertz CT molecular complexity index is 525. The van der Waals surface area contributed by atoms with Crippen molar-refractivity contribution in [2.45, 2.75) is 38.3 Å². The summed E-state index contributed by atoms with van der Waals surface area (Å²) >= 11 is 3.54. The highest BCUT2D eigenvalue weighted by Crippen LogP contribution is 2.27. The Morgan fingerprint density at radius 2 is 2.30 bits per heavy atom. The number of benzene rings is 1. The molecular weight excluding hydrogens is 358 g/mol. The van der Waals surface area contributed by atoms with E-state index in [1.807, 2.05) is 6.07 Å². The van der Waals surface area contributed by atoms with Crippen LogP contribution in [0.5, 0.6) is 5.75 Å². The lowest BCUT2D eigenvalue weighted by molar-refractivity contribution is -0.121. The molecule has 128 valence electrons. The first-order valence-corrected chi connectivity index (χ1v) is 8.96. The molecule has 1 unspecified atom stereocenters. The van der Waals surface area contributed by atoms with Gasteiger partial charge in [-0.3, -0.25) is 9.69 Å². The van der Waals surface area contributed by atoms with E-state index in [1.165, 1.54) is 18.4 Å². The van der Waals surface area contributed by atoms with E-state index in [-0.39, 0.29) is 5.91 Å². The zero-order valence-electron chi connectivity index (χ0n) is 13.7. The number of rotatable bonds is 7. The van der Waals surface area contributed by atoms with Crippen LogP contribution in [-0.4, -0.2) is 43.6 Å². The van der Waals surface area contributed by atoms with Gasteiger partial charge in [0.05, 0.1) is 11.6 Å². The van der Waals surface area contributed by atoms with E-state index in [0.717, 1.165) is 29.7 Å². The molecule has 0 saturated carbocycles. The second-order valence-corrected chi connectivity index (χ2v) is 6.79. The van der Waals surface area contributed by atoms with Crippen LogP contribution >= 0.6 is 15.9 Å². The second kappa shape index (κ2) is 9.25. The van der Waals surface area contributed by atoms with Gasteiger partial charge in [-0.25, -0.2) is 0 Å². The molecule has 1 atom stereocenters. The van der Waals surface area contributed by atoms with Crippen LogP contribution in [0.3, 0.4) is 0 Å². The van der Waals surface area contributed by atoms with Crippen molar-refractivity contribution in [3.63, 3.8) is 0 Å². The Kier molecular flexibility index (Phi) is 7.33. The fraction of sp³-hybridized carbons (Fsp3) is 0.588. The lowest BCUT2D eigenvalue weighted by Crippen LogP contribution is -2.46. The van der Waals surface area contributed by atoms with Crippen LogP contribution in [0.2, 0.25) is 0 Å². The van der Waals surface area contributed by atoms with Gasteiger partial charge in [0.1, 0.15) is 5.75 Å². The molecule has 1 amide bonds. The van der Waals surface area contributed by atoms with Crippen molar-refractivity contribution in [2.75, 3.05) is 26.7 Å². The predicted molar refractivity (Wildman–Crippen MR) is 95.4 cm³/mol. The summed E-state index contributed by atoms with van der Waals surface area (Å²) in [4.78, 5) is 14.1. The summed E-state index contributed by atoms with van der Waals surface area (Å²) in [6, 6.07) is 6.59. The van der Waals surface area contributed by atoms with Crippen LogP contribution in [0.15, 0.2) is 22.7 Å². The molecule has 23 heavy (non-hydrogen) atoms. The average molecular weight is 384 g/mol. The quantitative estimate of drug-likeness (QED) is 0.757. The standard InChI is InChI=1S/C17H26BrN3O2/c1-23-16-6-5-13(10-15(16)18)12-21-9-3-2-4-14(21)11-20-17(22)7-8-19/h5-6,10,14H,2-4,7-9,11-12,19H2,1H3,(H,20,22). The van der Waals surface area contributed by atoms with Crippen molar-refractivity contribution in [1.82, 2.24) is 10.2 Å².